The van der Waals surface area contributed by atoms with Crippen LogP contribution >= 0.6 is 0 Å². The molecule has 2 aliphatic rings. The fourth-order valence-corrected chi connectivity index (χ4v) is 3.35. The molecule has 22 heavy (non-hydrogen) atoms. The molecular formula is C17H24N2O3. The third-order valence-electron chi connectivity index (χ3n) is 4.64. The third-order valence-corrected chi connectivity index (χ3v) is 4.64. The summed E-state index contributed by atoms with van der Waals surface area (Å²) in [5, 5.41) is 3.35. The monoisotopic (exact) mass is 304 g/mol. The molecule has 0 radical (unpaired) electrons. The van der Waals surface area contributed by atoms with Gasteiger partial charge in [0.1, 0.15) is 0 Å². The highest BCUT2D eigenvalue weighted by Crippen LogP contribution is 2.33. The van der Waals surface area contributed by atoms with E-state index in [2.05, 4.69) is 5.32 Å². The summed E-state index contributed by atoms with van der Waals surface area (Å²) in [5.41, 5.74) is 2.41. The van der Waals surface area contributed by atoms with Crippen LogP contribution in [-0.2, 0) is 17.8 Å². The fraction of sp³-hybridized carbons (Fsp3) is 0.588. The largest absolute Gasteiger partial charge is 0.493 e. The van der Waals surface area contributed by atoms with Crippen molar-refractivity contribution >= 4 is 5.91 Å². The van der Waals surface area contributed by atoms with Crippen molar-refractivity contribution in [2.75, 3.05) is 27.3 Å². The minimum atomic E-state index is -0.00422. The Hall–Kier alpha value is -1.75. The third kappa shape index (κ3) is 2.90. The maximum atomic E-state index is 12.6. The molecule has 0 spiro atoms. The molecule has 3 rings (SSSR count). The van der Waals surface area contributed by atoms with Gasteiger partial charge in [-0.3, -0.25) is 4.79 Å². The topological polar surface area (TPSA) is 50.8 Å². The van der Waals surface area contributed by atoms with Crippen molar-refractivity contribution in [2.24, 2.45) is 0 Å². The summed E-state index contributed by atoms with van der Waals surface area (Å²) in [6.07, 6.45) is 4.13. The number of nitrogens with zero attached hydrogens (tertiary/aromatic N) is 1. The highest BCUT2D eigenvalue weighted by atomic mass is 16.5. The zero-order chi connectivity index (χ0) is 15.5. The Bertz CT molecular complexity index is 553. The first-order valence-electron chi connectivity index (χ1n) is 7.99. The van der Waals surface area contributed by atoms with Crippen molar-refractivity contribution in [1.29, 1.82) is 0 Å². The Morgan fingerprint density at radius 1 is 1.18 bits per heavy atom. The molecule has 5 nitrogen and oxygen atoms in total. The molecule has 0 aliphatic carbocycles. The molecule has 2 heterocycles. The number of benzene rings is 1. The summed E-state index contributed by atoms with van der Waals surface area (Å²) >= 11 is 0. The number of amides is 1. The van der Waals surface area contributed by atoms with E-state index in [1.54, 1.807) is 14.2 Å². The van der Waals surface area contributed by atoms with Gasteiger partial charge in [0.05, 0.1) is 20.3 Å². The van der Waals surface area contributed by atoms with E-state index in [1.807, 2.05) is 17.0 Å². The van der Waals surface area contributed by atoms with Crippen LogP contribution in [0.1, 0.15) is 30.4 Å². The Morgan fingerprint density at radius 3 is 2.55 bits per heavy atom. The SMILES string of the molecule is COc1cc2c(cc1OC)CN(C(=O)[C@H]1CCCCN1)CC2. The van der Waals surface area contributed by atoms with Crippen molar-refractivity contribution in [3.63, 3.8) is 0 Å². The fourth-order valence-electron chi connectivity index (χ4n) is 3.35. The Labute approximate surface area is 131 Å². The van der Waals surface area contributed by atoms with E-state index in [0.29, 0.717) is 6.54 Å². The highest BCUT2D eigenvalue weighted by molar-refractivity contribution is 5.82. The van der Waals surface area contributed by atoms with Gasteiger partial charge in [-0.2, -0.15) is 0 Å². The number of piperidine rings is 1. The lowest BCUT2D eigenvalue weighted by Crippen LogP contribution is -2.49. The number of nitrogens with one attached hydrogen (secondary N) is 1. The van der Waals surface area contributed by atoms with E-state index < -0.39 is 0 Å². The van der Waals surface area contributed by atoms with Crippen molar-refractivity contribution in [3.8, 4) is 11.5 Å². The van der Waals surface area contributed by atoms with E-state index >= 15 is 0 Å². The number of carbonyl (C=O) groups is 1. The molecule has 1 atom stereocenters. The molecule has 5 heteroatoms. The average Bonchev–Trinajstić information content (AvgIpc) is 2.60. The first kappa shape index (κ1) is 15.2. The number of ether oxygens (including phenoxy) is 2. The Kier molecular flexibility index (Phi) is 4.52. The second kappa shape index (κ2) is 6.57. The number of hydrogen-bond acceptors (Lipinski definition) is 4. The summed E-state index contributed by atoms with van der Waals surface area (Å²) < 4.78 is 10.7. The van der Waals surface area contributed by atoms with E-state index in [-0.39, 0.29) is 11.9 Å². The van der Waals surface area contributed by atoms with Gasteiger partial charge in [0.25, 0.3) is 0 Å². The maximum Gasteiger partial charge on any atom is 0.240 e. The molecular weight excluding hydrogens is 280 g/mol. The lowest BCUT2D eigenvalue weighted by atomic mass is 9.97. The van der Waals surface area contributed by atoms with E-state index in [1.165, 1.54) is 12.0 Å². The molecule has 0 unspecified atom stereocenters. The van der Waals surface area contributed by atoms with Crippen molar-refractivity contribution < 1.29 is 14.3 Å². The van der Waals surface area contributed by atoms with Gasteiger partial charge in [0.15, 0.2) is 11.5 Å². The van der Waals surface area contributed by atoms with Gasteiger partial charge in [-0.25, -0.2) is 0 Å². The average molecular weight is 304 g/mol. The first-order valence-corrected chi connectivity index (χ1v) is 7.99. The molecule has 0 saturated carbocycles. The zero-order valence-corrected chi connectivity index (χ0v) is 13.4. The minimum absolute atomic E-state index is 0.00422. The standard InChI is InChI=1S/C17H24N2O3/c1-21-15-9-12-6-8-19(11-13(12)10-16(15)22-2)17(20)14-5-3-4-7-18-14/h9-10,14,18H,3-8,11H2,1-2H3/t14-/m1/s1. The Morgan fingerprint density at radius 2 is 1.91 bits per heavy atom. The molecule has 1 N–H and O–H groups in total. The number of methoxy groups -OCH3 is 2. The summed E-state index contributed by atoms with van der Waals surface area (Å²) in [6, 6.07) is 4.03. The van der Waals surface area contributed by atoms with Crippen LogP contribution in [-0.4, -0.2) is 44.2 Å². The van der Waals surface area contributed by atoms with Gasteiger partial charge in [-0.05, 0) is 49.1 Å². The second-order valence-electron chi connectivity index (χ2n) is 5.99. The summed E-state index contributed by atoms with van der Waals surface area (Å²) in [7, 11) is 3.29. The van der Waals surface area contributed by atoms with Crippen LogP contribution in [0.15, 0.2) is 12.1 Å². The molecule has 2 aliphatic heterocycles. The minimum Gasteiger partial charge on any atom is -0.493 e. The van der Waals surface area contributed by atoms with Crippen LogP contribution in [0.25, 0.3) is 0 Å². The predicted octanol–water partition coefficient (Wildman–Crippen LogP) is 1.73. The van der Waals surface area contributed by atoms with E-state index in [0.717, 1.165) is 49.4 Å². The van der Waals surface area contributed by atoms with E-state index in [9.17, 15) is 4.79 Å². The lowest BCUT2D eigenvalue weighted by molar-refractivity contribution is -0.135. The van der Waals surface area contributed by atoms with Crippen molar-refractivity contribution in [2.45, 2.75) is 38.3 Å². The number of carbonyl (C=O) groups excluding carboxylic acids is 1. The Balaban J connectivity index is 1.76. The van der Waals surface area contributed by atoms with Crippen LogP contribution in [0, 0.1) is 0 Å². The molecule has 120 valence electrons. The highest BCUT2D eigenvalue weighted by Gasteiger charge is 2.28. The second-order valence-corrected chi connectivity index (χ2v) is 5.99. The van der Waals surface area contributed by atoms with Crippen LogP contribution < -0.4 is 14.8 Å². The van der Waals surface area contributed by atoms with Crippen LogP contribution in [0.2, 0.25) is 0 Å². The van der Waals surface area contributed by atoms with Gasteiger partial charge in [0.2, 0.25) is 5.91 Å². The van der Waals surface area contributed by atoms with Crippen molar-refractivity contribution in [1.82, 2.24) is 10.2 Å². The predicted molar refractivity (Wildman–Crippen MR) is 84.3 cm³/mol. The van der Waals surface area contributed by atoms with Gasteiger partial charge in [0, 0.05) is 13.1 Å². The number of hydrogen-bond donors (Lipinski definition) is 1. The molecule has 1 saturated heterocycles. The van der Waals surface area contributed by atoms with E-state index in [4.69, 9.17) is 9.47 Å². The molecule has 0 aromatic heterocycles. The van der Waals surface area contributed by atoms with Crippen molar-refractivity contribution in [3.05, 3.63) is 23.3 Å². The first-order chi connectivity index (χ1) is 10.7. The lowest BCUT2D eigenvalue weighted by Gasteiger charge is -2.33. The number of rotatable bonds is 3. The van der Waals surface area contributed by atoms with Gasteiger partial charge in [-0.1, -0.05) is 6.42 Å². The summed E-state index contributed by atoms with van der Waals surface area (Å²) in [4.78, 5) is 14.6. The number of fused-ring (bicyclic) bond motifs is 1. The molecule has 1 aromatic rings. The molecule has 1 aromatic carbocycles. The quantitative estimate of drug-likeness (QED) is 0.924. The molecule has 1 amide bonds. The summed E-state index contributed by atoms with van der Waals surface area (Å²) in [6.45, 7) is 2.39. The van der Waals surface area contributed by atoms with Crippen LogP contribution in [0.4, 0.5) is 0 Å². The molecule has 0 bridgehead atoms. The summed E-state index contributed by atoms with van der Waals surface area (Å²) in [5.74, 6) is 1.72. The van der Waals surface area contributed by atoms with Crippen LogP contribution in [0.5, 0.6) is 11.5 Å². The smallest absolute Gasteiger partial charge is 0.240 e. The molecule has 1 fully saturated rings. The van der Waals surface area contributed by atoms with Crippen LogP contribution in [0.3, 0.4) is 0 Å². The zero-order valence-electron chi connectivity index (χ0n) is 13.4. The van der Waals surface area contributed by atoms with Gasteiger partial charge < -0.3 is 19.7 Å². The maximum absolute atomic E-state index is 12.6. The normalized spacial score (nSPS) is 21.2. The van der Waals surface area contributed by atoms with Gasteiger partial charge >= 0.3 is 0 Å². The van der Waals surface area contributed by atoms with Gasteiger partial charge in [-0.15, -0.1) is 0 Å².